The van der Waals surface area contributed by atoms with Gasteiger partial charge in [0.15, 0.2) is 5.78 Å². The van der Waals surface area contributed by atoms with E-state index >= 15 is 4.79 Å². The van der Waals surface area contributed by atoms with Crippen LogP contribution >= 0.6 is 0 Å². The summed E-state index contributed by atoms with van der Waals surface area (Å²) in [4.78, 5) is 30.2. The molecule has 3 fully saturated rings. The molecule has 1 unspecified atom stereocenters. The normalized spacial score (nSPS) is 37.1. The molecular formula is C42H53NO6. The lowest BCUT2D eigenvalue weighted by molar-refractivity contribution is -0.175. The maximum absolute atomic E-state index is 15.3. The Bertz CT molecular complexity index is 1650. The zero-order chi connectivity index (χ0) is 34.7. The van der Waals surface area contributed by atoms with Crippen molar-refractivity contribution >= 4 is 11.9 Å². The molecule has 2 bridgehead atoms. The van der Waals surface area contributed by atoms with E-state index in [2.05, 4.69) is 44.2 Å². The smallest absolute Gasteiger partial charge is 0.409 e. The second-order valence-electron chi connectivity index (χ2n) is 16.0. The lowest BCUT2D eigenvalue weighted by Gasteiger charge is -2.71. The van der Waals surface area contributed by atoms with Crippen LogP contribution in [0.25, 0.3) is 11.1 Å². The number of amides is 1. The molecule has 0 saturated heterocycles. The highest BCUT2D eigenvalue weighted by atomic mass is 16.6. The Morgan fingerprint density at radius 2 is 1.61 bits per heavy atom. The van der Waals surface area contributed by atoms with Crippen molar-refractivity contribution in [3.63, 3.8) is 0 Å². The summed E-state index contributed by atoms with van der Waals surface area (Å²) in [5, 5.41) is 23.9. The van der Waals surface area contributed by atoms with Gasteiger partial charge in [0.1, 0.15) is 0 Å². The number of carbonyl (C=O) groups excluding carboxylic acids is 2. The number of hydrogen-bond acceptors (Lipinski definition) is 6. The van der Waals surface area contributed by atoms with Crippen LogP contribution in [0, 0.1) is 33.5 Å². The number of Topliss-reactive ketones (excluding diaryl/α,β-unsaturated/α-hetero) is 1. The molecule has 3 saturated carbocycles. The lowest BCUT2D eigenvalue weighted by Crippen LogP contribution is -2.67. The molecule has 0 aliphatic heterocycles. The van der Waals surface area contributed by atoms with Crippen LogP contribution in [0.5, 0.6) is 0 Å². The van der Waals surface area contributed by atoms with E-state index in [1.165, 1.54) is 0 Å². The molecule has 6 aliphatic rings. The summed E-state index contributed by atoms with van der Waals surface area (Å²) in [6.45, 7) is 7.82. The molecule has 1 amide bonds. The Labute approximate surface area is 291 Å². The van der Waals surface area contributed by atoms with E-state index in [9.17, 15) is 15.0 Å². The van der Waals surface area contributed by atoms with Gasteiger partial charge in [-0.1, -0.05) is 86.7 Å². The number of rotatable bonds is 10. The van der Waals surface area contributed by atoms with Crippen LogP contribution in [0.2, 0.25) is 0 Å². The summed E-state index contributed by atoms with van der Waals surface area (Å²) in [5.74, 6) is 0.223. The van der Waals surface area contributed by atoms with Gasteiger partial charge in [0.05, 0.1) is 24.9 Å². The van der Waals surface area contributed by atoms with Crippen molar-refractivity contribution in [1.29, 1.82) is 0 Å². The van der Waals surface area contributed by atoms with Crippen LogP contribution in [0.15, 0.2) is 78.4 Å². The van der Waals surface area contributed by atoms with Gasteiger partial charge in [0.2, 0.25) is 0 Å². The molecule has 2 N–H and O–H groups in total. The second kappa shape index (κ2) is 12.5. The fourth-order valence-corrected chi connectivity index (χ4v) is 11.5. The van der Waals surface area contributed by atoms with Crippen molar-refractivity contribution < 1.29 is 29.3 Å². The molecule has 8 atom stereocenters. The minimum atomic E-state index is -1.16. The number of ether oxygens (including phenoxy) is 2. The molecule has 2 aromatic carbocycles. The van der Waals surface area contributed by atoms with Crippen molar-refractivity contribution in [1.82, 2.24) is 4.90 Å². The summed E-state index contributed by atoms with van der Waals surface area (Å²) in [5.41, 5.74) is 0.618. The van der Waals surface area contributed by atoms with E-state index in [1.54, 1.807) is 18.9 Å². The van der Waals surface area contributed by atoms with Gasteiger partial charge < -0.3 is 24.6 Å². The minimum Gasteiger partial charge on any atom is -0.450 e. The van der Waals surface area contributed by atoms with Crippen LogP contribution in [-0.4, -0.2) is 72.1 Å². The van der Waals surface area contributed by atoms with Crippen LogP contribution in [0.1, 0.15) is 82.5 Å². The van der Waals surface area contributed by atoms with E-state index in [0.29, 0.717) is 38.0 Å². The molecular weight excluding hydrogens is 614 g/mol. The van der Waals surface area contributed by atoms with Crippen LogP contribution < -0.4 is 0 Å². The van der Waals surface area contributed by atoms with Crippen LogP contribution in [0.4, 0.5) is 4.79 Å². The average Bonchev–Trinajstić information content (AvgIpc) is 3.38. The van der Waals surface area contributed by atoms with Gasteiger partial charge in [-0.25, -0.2) is 4.79 Å². The largest absolute Gasteiger partial charge is 0.450 e. The third-order valence-electron chi connectivity index (χ3n) is 14.0. The number of hydrogen-bond donors (Lipinski definition) is 2. The fourth-order valence-electron chi connectivity index (χ4n) is 11.5. The van der Waals surface area contributed by atoms with E-state index in [-0.39, 0.29) is 36.2 Å². The SMILES string of the molecule is CCOC(=O)N(CCCOC)C[C@]1(O)CC[C@H]2[C@]34C=C[C@@]5(C=C3C(=O)c3ccccc3-c3ccccc3)CC(O)CC[C@]5(C)[C@H]4CC[C@@]21C. The lowest BCUT2D eigenvalue weighted by atomic mass is 9.32. The van der Waals surface area contributed by atoms with Crippen LogP contribution in [0.3, 0.4) is 0 Å². The third-order valence-corrected chi connectivity index (χ3v) is 14.0. The Kier molecular flexibility index (Phi) is 8.73. The van der Waals surface area contributed by atoms with Crippen molar-refractivity contribution in [2.24, 2.45) is 33.5 Å². The summed E-state index contributed by atoms with van der Waals surface area (Å²) < 4.78 is 10.8. The maximum atomic E-state index is 15.3. The highest BCUT2D eigenvalue weighted by Gasteiger charge is 2.74. The van der Waals surface area contributed by atoms with E-state index in [1.807, 2.05) is 42.5 Å². The van der Waals surface area contributed by atoms with Gasteiger partial charge in [-0.3, -0.25) is 4.79 Å². The topological polar surface area (TPSA) is 96.3 Å². The van der Waals surface area contributed by atoms with Crippen molar-refractivity contribution in [3.8, 4) is 11.1 Å². The maximum Gasteiger partial charge on any atom is 0.409 e. The van der Waals surface area contributed by atoms with E-state index < -0.39 is 34.0 Å². The molecule has 7 nitrogen and oxygen atoms in total. The molecule has 2 spiro atoms. The summed E-state index contributed by atoms with van der Waals surface area (Å²) in [7, 11) is 1.65. The molecule has 49 heavy (non-hydrogen) atoms. The molecule has 262 valence electrons. The molecule has 0 heterocycles. The summed E-state index contributed by atoms with van der Waals surface area (Å²) in [6, 6.07) is 18.0. The van der Waals surface area contributed by atoms with Gasteiger partial charge in [0.25, 0.3) is 0 Å². The Balaban J connectivity index is 1.34. The number of aliphatic hydroxyl groups excluding tert-OH is 1. The summed E-state index contributed by atoms with van der Waals surface area (Å²) >= 11 is 0. The fraction of sp³-hybridized carbons (Fsp3) is 0.571. The number of ketones is 1. The number of methoxy groups -OCH3 is 1. The zero-order valence-corrected chi connectivity index (χ0v) is 29.6. The minimum absolute atomic E-state index is 0.0101. The summed E-state index contributed by atoms with van der Waals surface area (Å²) in [6.07, 6.45) is 12.0. The number of nitrogens with zero attached hydrogens (tertiary/aromatic N) is 1. The number of benzene rings is 2. The van der Waals surface area contributed by atoms with Gasteiger partial charge in [-0.2, -0.15) is 0 Å². The van der Waals surface area contributed by atoms with E-state index in [4.69, 9.17) is 9.47 Å². The molecule has 8 rings (SSSR count). The zero-order valence-electron chi connectivity index (χ0n) is 29.6. The molecule has 6 aliphatic carbocycles. The number of allylic oxidation sites excluding steroid dienone is 4. The third kappa shape index (κ3) is 5.01. The predicted molar refractivity (Wildman–Crippen MR) is 190 cm³/mol. The average molecular weight is 668 g/mol. The number of carbonyl (C=O) groups is 2. The number of fused-ring (bicyclic) bond motifs is 1. The Morgan fingerprint density at radius 1 is 0.918 bits per heavy atom. The van der Waals surface area contributed by atoms with Crippen molar-refractivity contribution in [2.45, 2.75) is 83.8 Å². The van der Waals surface area contributed by atoms with Gasteiger partial charge in [-0.05, 0) is 86.7 Å². The predicted octanol–water partition coefficient (Wildman–Crippen LogP) is 7.62. The monoisotopic (exact) mass is 667 g/mol. The second-order valence-corrected chi connectivity index (χ2v) is 16.0. The molecule has 2 aromatic rings. The van der Waals surface area contributed by atoms with Gasteiger partial charge >= 0.3 is 6.09 Å². The first-order chi connectivity index (χ1) is 23.5. The molecule has 0 aromatic heterocycles. The van der Waals surface area contributed by atoms with Crippen molar-refractivity contribution in [3.05, 3.63) is 84.0 Å². The quantitative estimate of drug-likeness (QED) is 0.154. The van der Waals surface area contributed by atoms with Gasteiger partial charge in [-0.15, -0.1) is 0 Å². The standard InChI is InChI=1S/C42H53NO6/c1-5-49-37(46)43(24-11-25-48-4)28-41(47)21-18-35-39(41,3)20-17-34-38(2)19-16-30(44)26-40(38)22-23-42(34,35)33(27-40)36(45)32-15-10-9-14-31(32)29-12-7-6-8-13-29/h6-10,12-15,22-23,27,30,34-35,44,47H,5,11,16-21,24-26,28H2,1-4H3/t30?,34-,35-,38-,39+,40+,41-,42-/m1/s1. The van der Waals surface area contributed by atoms with Crippen molar-refractivity contribution in [2.75, 3.05) is 33.4 Å². The highest BCUT2D eigenvalue weighted by molar-refractivity contribution is 6.14. The van der Waals surface area contributed by atoms with Crippen LogP contribution in [-0.2, 0) is 9.47 Å². The Hall–Kier alpha value is -3.26. The molecule has 0 radical (unpaired) electrons. The highest BCUT2D eigenvalue weighted by Crippen LogP contribution is 2.78. The first-order valence-electron chi connectivity index (χ1n) is 18.4. The first-order valence-corrected chi connectivity index (χ1v) is 18.4. The Morgan fingerprint density at radius 3 is 2.37 bits per heavy atom. The molecule has 7 heteroatoms. The number of aliphatic hydroxyl groups is 2. The van der Waals surface area contributed by atoms with Gasteiger partial charge in [0, 0.05) is 47.6 Å². The first kappa shape index (κ1) is 34.2. The van der Waals surface area contributed by atoms with E-state index in [0.717, 1.165) is 48.8 Å².